The first-order valence-electron chi connectivity index (χ1n) is 7.59. The molecule has 1 fully saturated rings. The third-order valence-corrected chi connectivity index (χ3v) is 5.24. The molecule has 0 aromatic rings. The van der Waals surface area contributed by atoms with Crippen molar-refractivity contribution >= 4 is 35.9 Å². The topological polar surface area (TPSA) is 134 Å². The van der Waals surface area contributed by atoms with E-state index in [1.165, 1.54) is 16.7 Å². The van der Waals surface area contributed by atoms with Gasteiger partial charge in [0.25, 0.3) is 11.8 Å². The summed E-state index contributed by atoms with van der Waals surface area (Å²) in [5.41, 5.74) is 6.59. The monoisotopic (exact) mass is 355 g/mol. The van der Waals surface area contributed by atoms with E-state index in [1.54, 1.807) is 13.8 Å². The Morgan fingerprint density at radius 3 is 2.75 bits per heavy atom. The third-order valence-electron chi connectivity index (χ3n) is 3.82. The summed E-state index contributed by atoms with van der Waals surface area (Å²) >= 11 is 1.48. The summed E-state index contributed by atoms with van der Waals surface area (Å²) in [6.07, 6.45) is 0.0469. The molecule has 0 radical (unpaired) electrons. The number of nitrogens with two attached hydrogens (primary N) is 1. The minimum absolute atomic E-state index is 0.0330. The fourth-order valence-electron chi connectivity index (χ4n) is 2.56. The van der Waals surface area contributed by atoms with Crippen LogP contribution in [-0.2, 0) is 19.2 Å². The molecule has 132 valence electrons. The van der Waals surface area contributed by atoms with Crippen LogP contribution < -0.4 is 21.7 Å². The van der Waals surface area contributed by atoms with Gasteiger partial charge in [0, 0.05) is 18.7 Å². The number of hydrogen-bond acceptors (Lipinski definition) is 6. The molecular weight excluding hydrogens is 334 g/mol. The van der Waals surface area contributed by atoms with Gasteiger partial charge < -0.3 is 21.7 Å². The van der Waals surface area contributed by atoms with Crippen molar-refractivity contribution in [2.45, 2.75) is 37.8 Å². The molecule has 3 unspecified atom stereocenters. The van der Waals surface area contributed by atoms with Crippen LogP contribution in [0.15, 0.2) is 11.3 Å². The minimum atomic E-state index is -0.710. The van der Waals surface area contributed by atoms with Crippen LogP contribution in [0.3, 0.4) is 0 Å². The largest absolute Gasteiger partial charge is 0.344 e. The van der Waals surface area contributed by atoms with E-state index in [1.807, 2.05) is 0 Å². The fraction of sp³-hybridized carbons (Fsp3) is 0.571. The van der Waals surface area contributed by atoms with Gasteiger partial charge in [0.1, 0.15) is 23.3 Å². The normalized spacial score (nSPS) is 23.8. The average molecular weight is 355 g/mol. The highest BCUT2D eigenvalue weighted by molar-refractivity contribution is 8.00. The Bertz CT molecular complexity index is 594. The summed E-state index contributed by atoms with van der Waals surface area (Å²) in [6.45, 7) is 3.50. The zero-order chi connectivity index (χ0) is 17.9. The first-order valence-corrected chi connectivity index (χ1v) is 8.63. The van der Waals surface area contributed by atoms with Crippen LogP contribution in [0.4, 0.5) is 0 Å². The first kappa shape index (κ1) is 18.3. The van der Waals surface area contributed by atoms with Crippen LogP contribution in [0.25, 0.3) is 0 Å². The minimum Gasteiger partial charge on any atom is -0.344 e. The number of rotatable bonds is 7. The van der Waals surface area contributed by atoms with E-state index in [9.17, 15) is 19.2 Å². The Balaban J connectivity index is 2.11. The third kappa shape index (κ3) is 3.39. The van der Waals surface area contributed by atoms with E-state index >= 15 is 0 Å². The van der Waals surface area contributed by atoms with Gasteiger partial charge in [-0.05, 0) is 12.5 Å². The van der Waals surface area contributed by atoms with Crippen LogP contribution in [0.5, 0.6) is 0 Å². The zero-order valence-electron chi connectivity index (χ0n) is 13.5. The molecule has 1 saturated heterocycles. The highest BCUT2D eigenvalue weighted by atomic mass is 32.2. The summed E-state index contributed by atoms with van der Waals surface area (Å²) in [4.78, 5) is 48.2. The number of nitrogens with one attached hydrogen (secondary N) is 3. The van der Waals surface area contributed by atoms with Crippen LogP contribution in [0, 0.1) is 0 Å². The Hall–Kier alpha value is -2.07. The molecule has 2 aliphatic heterocycles. The lowest BCUT2D eigenvalue weighted by Crippen LogP contribution is -2.70. The number of nitrogens with zero attached hydrogens (tertiary/aromatic N) is 1. The van der Waals surface area contributed by atoms with E-state index < -0.39 is 18.1 Å². The maximum Gasteiger partial charge on any atom is 0.269 e. The maximum absolute atomic E-state index is 12.6. The van der Waals surface area contributed by atoms with E-state index in [4.69, 9.17) is 5.73 Å². The summed E-state index contributed by atoms with van der Waals surface area (Å²) in [5, 5.41) is 7.41. The summed E-state index contributed by atoms with van der Waals surface area (Å²) in [7, 11) is 0. The van der Waals surface area contributed by atoms with Gasteiger partial charge in [-0.15, -0.1) is 11.8 Å². The quantitative estimate of drug-likeness (QED) is 0.242. The van der Waals surface area contributed by atoms with Gasteiger partial charge in [-0.1, -0.05) is 6.92 Å². The molecule has 4 amide bonds. The fourth-order valence-corrected chi connectivity index (χ4v) is 3.87. The Morgan fingerprint density at radius 1 is 1.46 bits per heavy atom. The Morgan fingerprint density at radius 2 is 2.17 bits per heavy atom. The highest BCUT2D eigenvalue weighted by Gasteiger charge is 2.52. The van der Waals surface area contributed by atoms with Crippen LogP contribution in [0.1, 0.15) is 20.3 Å². The molecule has 2 rings (SSSR count). The summed E-state index contributed by atoms with van der Waals surface area (Å²) in [6, 6.07) is -0.617. The molecule has 2 heterocycles. The van der Waals surface area contributed by atoms with Crippen molar-refractivity contribution in [1.82, 2.24) is 20.9 Å². The maximum atomic E-state index is 12.6. The number of carbonyl (C=O) groups is 4. The molecule has 0 saturated carbocycles. The van der Waals surface area contributed by atoms with Crippen molar-refractivity contribution in [2.75, 3.05) is 12.3 Å². The van der Waals surface area contributed by atoms with Gasteiger partial charge in [0.05, 0.1) is 0 Å². The number of β-lactam (4-membered cyclic amide) rings is 1. The summed E-state index contributed by atoms with van der Waals surface area (Å²) in [5.74, 6) is -0.458. The van der Waals surface area contributed by atoms with Crippen LogP contribution in [-0.4, -0.2) is 58.9 Å². The number of thioether (sulfide) groups is 1. The van der Waals surface area contributed by atoms with Gasteiger partial charge in [-0.25, -0.2) is 0 Å². The average Bonchev–Trinajstić information content (AvgIpc) is 2.58. The predicted octanol–water partition coefficient (Wildman–Crippen LogP) is -1.78. The van der Waals surface area contributed by atoms with Crippen molar-refractivity contribution in [3.63, 3.8) is 0 Å². The number of carbonyl (C=O) groups excluding carboxylic acids is 4. The molecule has 0 bridgehead atoms. The van der Waals surface area contributed by atoms with E-state index in [2.05, 4.69) is 16.0 Å². The highest BCUT2D eigenvalue weighted by Crippen LogP contribution is 2.39. The number of amides is 4. The van der Waals surface area contributed by atoms with Crippen LogP contribution in [0.2, 0.25) is 0 Å². The lowest BCUT2D eigenvalue weighted by molar-refractivity contribution is -0.146. The molecule has 0 aliphatic carbocycles. The van der Waals surface area contributed by atoms with E-state index in [0.717, 1.165) is 5.57 Å². The second-order valence-electron chi connectivity index (χ2n) is 5.48. The molecule has 9 nitrogen and oxygen atoms in total. The smallest absolute Gasteiger partial charge is 0.269 e. The SMILES string of the molecule is CCC(=O)NC(CN)NC(=O)C1=C(C)CSC2C(NC=O)C(=O)N12. The van der Waals surface area contributed by atoms with Crippen molar-refractivity contribution < 1.29 is 19.2 Å². The van der Waals surface area contributed by atoms with Gasteiger partial charge >= 0.3 is 0 Å². The van der Waals surface area contributed by atoms with Gasteiger partial charge in [-0.2, -0.15) is 0 Å². The second kappa shape index (κ2) is 7.67. The zero-order valence-corrected chi connectivity index (χ0v) is 14.3. The molecule has 10 heteroatoms. The molecule has 0 aromatic heterocycles. The number of fused-ring (bicyclic) bond motifs is 1. The molecular formula is C14H21N5O4S. The molecule has 24 heavy (non-hydrogen) atoms. The van der Waals surface area contributed by atoms with Crippen molar-refractivity contribution in [1.29, 1.82) is 0 Å². The van der Waals surface area contributed by atoms with Gasteiger partial charge in [0.15, 0.2) is 0 Å². The Kier molecular flexibility index (Phi) is 5.84. The standard InChI is InChI=1S/C14H21N5O4S/c1-3-9(21)17-8(4-15)18-12(22)11-7(2)5-24-14-10(16-6-20)13(23)19(11)14/h6,8,10,14H,3-5,15H2,1-2H3,(H,16,20)(H,17,21)(H,18,22). The van der Waals surface area contributed by atoms with Gasteiger partial charge in [-0.3, -0.25) is 24.1 Å². The lowest BCUT2D eigenvalue weighted by atomic mass is 10.0. The van der Waals surface area contributed by atoms with Crippen molar-refractivity contribution in [3.05, 3.63) is 11.3 Å². The lowest BCUT2D eigenvalue weighted by Gasteiger charge is -2.49. The molecule has 0 aromatic carbocycles. The molecule has 5 N–H and O–H groups in total. The molecule has 0 spiro atoms. The first-order chi connectivity index (χ1) is 11.4. The summed E-state index contributed by atoms with van der Waals surface area (Å²) < 4.78 is 0. The van der Waals surface area contributed by atoms with Crippen molar-refractivity contribution in [3.8, 4) is 0 Å². The predicted molar refractivity (Wildman–Crippen MR) is 88.2 cm³/mol. The van der Waals surface area contributed by atoms with Crippen molar-refractivity contribution in [2.24, 2.45) is 5.73 Å². The van der Waals surface area contributed by atoms with E-state index in [-0.39, 0.29) is 35.9 Å². The Labute approximate surface area is 143 Å². The van der Waals surface area contributed by atoms with Gasteiger partial charge in [0.2, 0.25) is 12.3 Å². The molecule has 3 atom stereocenters. The van der Waals surface area contributed by atoms with Crippen LogP contribution >= 0.6 is 11.8 Å². The number of hydrogen-bond donors (Lipinski definition) is 4. The second-order valence-corrected chi connectivity index (χ2v) is 6.59. The van der Waals surface area contributed by atoms with E-state index in [0.29, 0.717) is 12.2 Å². The molecule has 2 aliphatic rings.